The van der Waals surface area contributed by atoms with E-state index in [4.69, 9.17) is 0 Å². The van der Waals surface area contributed by atoms with Crippen LogP contribution in [0.2, 0.25) is 0 Å². The quantitative estimate of drug-likeness (QED) is 0.667. The van der Waals surface area contributed by atoms with E-state index in [0.29, 0.717) is 6.54 Å². The molecular formula is C10H13N3O. The largest absolute Gasteiger partial charge is 0.325 e. The van der Waals surface area contributed by atoms with Crippen molar-refractivity contribution in [3.63, 3.8) is 0 Å². The second kappa shape index (κ2) is 3.29. The predicted molar refractivity (Wildman–Crippen MR) is 52.8 cm³/mol. The molecule has 1 unspecified atom stereocenters. The molecule has 1 atom stereocenters. The van der Waals surface area contributed by atoms with Gasteiger partial charge in [-0.05, 0) is 12.1 Å². The Morgan fingerprint density at radius 1 is 1.43 bits per heavy atom. The van der Waals surface area contributed by atoms with E-state index in [2.05, 4.69) is 4.98 Å². The number of rotatable bonds is 1. The van der Waals surface area contributed by atoms with Crippen molar-refractivity contribution in [1.82, 2.24) is 14.8 Å². The van der Waals surface area contributed by atoms with Gasteiger partial charge in [0.2, 0.25) is 0 Å². The second-order valence-electron chi connectivity index (χ2n) is 3.54. The van der Waals surface area contributed by atoms with Crippen LogP contribution in [-0.4, -0.2) is 41.5 Å². The smallest absolute Gasteiger partial charge is 0.320 e. The summed E-state index contributed by atoms with van der Waals surface area (Å²) in [6.45, 7) is 0.715. The van der Waals surface area contributed by atoms with Crippen LogP contribution < -0.4 is 0 Å². The molecule has 1 aliphatic rings. The van der Waals surface area contributed by atoms with Crippen LogP contribution >= 0.6 is 0 Å². The molecule has 1 fully saturated rings. The first-order valence-corrected chi connectivity index (χ1v) is 4.59. The lowest BCUT2D eigenvalue weighted by Crippen LogP contribution is -2.26. The highest BCUT2D eigenvalue weighted by Gasteiger charge is 2.33. The number of carbonyl (C=O) groups excluding carboxylic acids is 1. The Kier molecular flexibility index (Phi) is 2.11. The first-order valence-electron chi connectivity index (χ1n) is 4.59. The van der Waals surface area contributed by atoms with Gasteiger partial charge in [0, 0.05) is 26.8 Å². The zero-order chi connectivity index (χ0) is 10.1. The summed E-state index contributed by atoms with van der Waals surface area (Å²) < 4.78 is 0. The number of nitrogens with zero attached hydrogens (tertiary/aromatic N) is 3. The number of pyridine rings is 1. The van der Waals surface area contributed by atoms with Gasteiger partial charge in [-0.25, -0.2) is 4.79 Å². The third-order valence-electron chi connectivity index (χ3n) is 2.57. The Morgan fingerprint density at radius 3 is 2.71 bits per heavy atom. The van der Waals surface area contributed by atoms with E-state index in [1.54, 1.807) is 16.0 Å². The van der Waals surface area contributed by atoms with Crippen molar-refractivity contribution in [1.29, 1.82) is 0 Å². The molecule has 1 saturated heterocycles. The Morgan fingerprint density at radius 2 is 2.21 bits per heavy atom. The van der Waals surface area contributed by atoms with Crippen LogP contribution in [0.25, 0.3) is 0 Å². The number of amides is 2. The van der Waals surface area contributed by atoms with Crippen molar-refractivity contribution in [3.05, 3.63) is 30.1 Å². The van der Waals surface area contributed by atoms with Crippen LogP contribution in [0, 0.1) is 0 Å². The van der Waals surface area contributed by atoms with Gasteiger partial charge in [-0.3, -0.25) is 4.98 Å². The molecule has 0 aliphatic carbocycles. The summed E-state index contributed by atoms with van der Waals surface area (Å²) in [7, 11) is 3.62. The number of urea groups is 1. The van der Waals surface area contributed by atoms with Crippen molar-refractivity contribution in [2.24, 2.45) is 0 Å². The highest BCUT2D eigenvalue weighted by molar-refractivity contribution is 5.76. The van der Waals surface area contributed by atoms with Crippen molar-refractivity contribution in [2.75, 3.05) is 20.6 Å². The molecule has 2 amide bonds. The predicted octanol–water partition coefficient (Wildman–Crippen LogP) is 1.12. The first kappa shape index (κ1) is 8.99. The molecule has 1 aromatic rings. The van der Waals surface area contributed by atoms with E-state index < -0.39 is 0 Å². The first-order chi connectivity index (χ1) is 6.70. The van der Waals surface area contributed by atoms with Crippen LogP contribution in [0.15, 0.2) is 24.4 Å². The Bertz CT molecular complexity index is 338. The van der Waals surface area contributed by atoms with Crippen molar-refractivity contribution < 1.29 is 4.79 Å². The maximum Gasteiger partial charge on any atom is 0.320 e. The average molecular weight is 191 g/mol. The molecule has 74 valence electrons. The van der Waals surface area contributed by atoms with Gasteiger partial charge in [-0.15, -0.1) is 0 Å². The summed E-state index contributed by atoms with van der Waals surface area (Å²) >= 11 is 0. The van der Waals surface area contributed by atoms with Gasteiger partial charge in [0.05, 0.1) is 11.7 Å². The Balaban J connectivity index is 2.26. The molecule has 1 aromatic heterocycles. The molecule has 14 heavy (non-hydrogen) atoms. The summed E-state index contributed by atoms with van der Waals surface area (Å²) in [5.74, 6) is 0. The van der Waals surface area contributed by atoms with Crippen molar-refractivity contribution in [3.8, 4) is 0 Å². The van der Waals surface area contributed by atoms with Gasteiger partial charge in [0.1, 0.15) is 0 Å². The van der Waals surface area contributed by atoms with Crippen LogP contribution in [-0.2, 0) is 0 Å². The lowest BCUT2D eigenvalue weighted by Gasteiger charge is -2.16. The van der Waals surface area contributed by atoms with Gasteiger partial charge < -0.3 is 9.80 Å². The van der Waals surface area contributed by atoms with Gasteiger partial charge in [0.15, 0.2) is 0 Å². The molecule has 2 heterocycles. The lowest BCUT2D eigenvalue weighted by atomic mass is 10.2. The fourth-order valence-electron chi connectivity index (χ4n) is 1.73. The third kappa shape index (κ3) is 1.32. The SMILES string of the molecule is CN1CC(c2ccccn2)N(C)C1=O. The minimum Gasteiger partial charge on any atom is -0.325 e. The minimum absolute atomic E-state index is 0.0562. The van der Waals surface area contributed by atoms with E-state index in [1.165, 1.54) is 0 Å². The van der Waals surface area contributed by atoms with E-state index in [1.807, 2.05) is 32.3 Å². The molecule has 4 nitrogen and oxygen atoms in total. The Hall–Kier alpha value is -1.58. The Labute approximate surface area is 83.2 Å². The molecule has 0 bridgehead atoms. The summed E-state index contributed by atoms with van der Waals surface area (Å²) in [6, 6.07) is 5.92. The summed E-state index contributed by atoms with van der Waals surface area (Å²) in [5.41, 5.74) is 0.952. The zero-order valence-corrected chi connectivity index (χ0v) is 8.34. The summed E-state index contributed by atoms with van der Waals surface area (Å²) in [4.78, 5) is 19.2. The van der Waals surface area contributed by atoms with Crippen LogP contribution in [0.3, 0.4) is 0 Å². The molecule has 0 saturated carbocycles. The highest BCUT2D eigenvalue weighted by Crippen LogP contribution is 2.24. The van der Waals surface area contributed by atoms with E-state index in [-0.39, 0.29) is 12.1 Å². The molecular weight excluding hydrogens is 178 g/mol. The molecule has 2 rings (SSSR count). The number of likely N-dealkylation sites (N-methyl/N-ethyl adjacent to an activating group) is 2. The topological polar surface area (TPSA) is 36.4 Å². The highest BCUT2D eigenvalue weighted by atomic mass is 16.2. The molecule has 4 heteroatoms. The maximum absolute atomic E-state index is 11.5. The lowest BCUT2D eigenvalue weighted by molar-refractivity contribution is 0.201. The van der Waals surface area contributed by atoms with Gasteiger partial charge in [-0.1, -0.05) is 6.07 Å². The number of hydrogen-bond donors (Lipinski definition) is 0. The van der Waals surface area contributed by atoms with Crippen LogP contribution in [0.4, 0.5) is 4.79 Å². The molecule has 0 spiro atoms. The van der Waals surface area contributed by atoms with Crippen LogP contribution in [0.5, 0.6) is 0 Å². The standard InChI is InChI=1S/C10H13N3O/c1-12-7-9(13(2)10(12)14)8-5-3-4-6-11-8/h3-6,9H,7H2,1-2H3. The average Bonchev–Trinajstić information content (AvgIpc) is 2.47. The minimum atomic E-state index is 0.0562. The second-order valence-corrected chi connectivity index (χ2v) is 3.54. The number of aromatic nitrogens is 1. The maximum atomic E-state index is 11.5. The van der Waals surface area contributed by atoms with E-state index in [0.717, 1.165) is 5.69 Å². The zero-order valence-electron chi connectivity index (χ0n) is 8.34. The molecule has 0 radical (unpaired) electrons. The molecule has 1 aliphatic heterocycles. The van der Waals surface area contributed by atoms with Gasteiger partial charge in [-0.2, -0.15) is 0 Å². The van der Waals surface area contributed by atoms with Crippen LogP contribution in [0.1, 0.15) is 11.7 Å². The monoisotopic (exact) mass is 191 g/mol. The fourth-order valence-corrected chi connectivity index (χ4v) is 1.73. The van der Waals surface area contributed by atoms with Crippen molar-refractivity contribution >= 4 is 6.03 Å². The van der Waals surface area contributed by atoms with E-state index in [9.17, 15) is 4.79 Å². The van der Waals surface area contributed by atoms with Crippen molar-refractivity contribution in [2.45, 2.75) is 6.04 Å². The normalized spacial score (nSPS) is 21.9. The number of carbonyl (C=O) groups is 1. The summed E-state index contributed by atoms with van der Waals surface area (Å²) in [5, 5.41) is 0. The fraction of sp³-hybridized carbons (Fsp3) is 0.400. The van der Waals surface area contributed by atoms with Gasteiger partial charge in [0.25, 0.3) is 0 Å². The van der Waals surface area contributed by atoms with Gasteiger partial charge >= 0.3 is 6.03 Å². The molecule has 0 aromatic carbocycles. The summed E-state index contributed by atoms with van der Waals surface area (Å²) in [6.07, 6.45) is 1.76. The number of hydrogen-bond acceptors (Lipinski definition) is 2. The molecule has 0 N–H and O–H groups in total. The van der Waals surface area contributed by atoms with E-state index >= 15 is 0 Å². The third-order valence-corrected chi connectivity index (χ3v) is 2.57.